The first-order chi connectivity index (χ1) is 6.31. The molecule has 0 fully saturated rings. The summed E-state index contributed by atoms with van der Waals surface area (Å²) >= 11 is 0. The van der Waals surface area contributed by atoms with Crippen LogP contribution < -0.4 is 10.5 Å². The van der Waals surface area contributed by atoms with E-state index in [1.807, 2.05) is 13.0 Å². The van der Waals surface area contributed by atoms with Crippen LogP contribution in [0.3, 0.4) is 0 Å². The molecule has 2 rings (SSSR count). The van der Waals surface area contributed by atoms with Gasteiger partial charge in [0.2, 0.25) is 0 Å². The second kappa shape index (κ2) is 4.67. The van der Waals surface area contributed by atoms with Crippen molar-refractivity contribution in [3.63, 3.8) is 0 Å². The minimum absolute atomic E-state index is 0. The average Bonchev–Trinajstić information content (AvgIpc) is 2.48. The molecule has 3 heteroatoms. The van der Waals surface area contributed by atoms with Gasteiger partial charge in [-0.2, -0.15) is 0 Å². The highest BCUT2D eigenvalue weighted by atomic mass is 35.5. The molecular formula is C11H16ClNO. The van der Waals surface area contributed by atoms with Gasteiger partial charge in [-0.3, -0.25) is 0 Å². The highest BCUT2D eigenvalue weighted by Crippen LogP contribution is 2.31. The van der Waals surface area contributed by atoms with Gasteiger partial charge in [-0.15, -0.1) is 12.4 Å². The molecule has 14 heavy (non-hydrogen) atoms. The van der Waals surface area contributed by atoms with Crippen molar-refractivity contribution in [1.29, 1.82) is 0 Å². The summed E-state index contributed by atoms with van der Waals surface area (Å²) in [6, 6.07) is 6.46. The number of hydrogen-bond acceptors (Lipinski definition) is 2. The molecule has 0 amide bonds. The van der Waals surface area contributed by atoms with Crippen LogP contribution in [-0.4, -0.2) is 6.61 Å². The zero-order chi connectivity index (χ0) is 9.26. The van der Waals surface area contributed by atoms with Crippen molar-refractivity contribution in [3.05, 3.63) is 29.3 Å². The average molecular weight is 214 g/mol. The second-order valence-corrected chi connectivity index (χ2v) is 3.44. The molecule has 1 unspecified atom stereocenters. The van der Waals surface area contributed by atoms with Crippen LogP contribution in [0, 0.1) is 0 Å². The Morgan fingerprint density at radius 2 is 2.29 bits per heavy atom. The maximum Gasteiger partial charge on any atom is 0.119 e. The van der Waals surface area contributed by atoms with Gasteiger partial charge in [0.25, 0.3) is 0 Å². The predicted octanol–water partition coefficient (Wildman–Crippen LogP) is 2.45. The third kappa shape index (κ3) is 2.02. The molecule has 0 aromatic heterocycles. The minimum atomic E-state index is 0. The highest BCUT2D eigenvalue weighted by Gasteiger charge is 2.18. The van der Waals surface area contributed by atoms with E-state index in [1.165, 1.54) is 11.1 Å². The SMILES string of the molecule is CCOc1ccc2c(c1)CCC2N.Cl. The summed E-state index contributed by atoms with van der Waals surface area (Å²) in [5.74, 6) is 0.968. The quantitative estimate of drug-likeness (QED) is 0.819. The molecule has 0 radical (unpaired) electrons. The lowest BCUT2D eigenvalue weighted by Gasteiger charge is -2.07. The molecule has 78 valence electrons. The number of halogens is 1. The summed E-state index contributed by atoms with van der Waals surface area (Å²) < 4.78 is 5.43. The molecule has 0 bridgehead atoms. The first-order valence-electron chi connectivity index (χ1n) is 4.82. The fraction of sp³-hybridized carbons (Fsp3) is 0.455. The van der Waals surface area contributed by atoms with Gasteiger partial charge < -0.3 is 10.5 Å². The number of fused-ring (bicyclic) bond motifs is 1. The van der Waals surface area contributed by atoms with Crippen LogP contribution in [0.25, 0.3) is 0 Å². The summed E-state index contributed by atoms with van der Waals surface area (Å²) in [5, 5.41) is 0. The molecule has 0 saturated heterocycles. The first-order valence-corrected chi connectivity index (χ1v) is 4.82. The lowest BCUT2D eigenvalue weighted by atomic mass is 10.1. The van der Waals surface area contributed by atoms with Crippen molar-refractivity contribution < 1.29 is 4.74 Å². The summed E-state index contributed by atoms with van der Waals surface area (Å²) in [7, 11) is 0. The molecule has 0 heterocycles. The van der Waals surface area contributed by atoms with Gasteiger partial charge in [-0.1, -0.05) is 6.07 Å². The van der Waals surface area contributed by atoms with Crippen LogP contribution in [0.2, 0.25) is 0 Å². The van der Waals surface area contributed by atoms with Crippen LogP contribution in [0.4, 0.5) is 0 Å². The van der Waals surface area contributed by atoms with E-state index < -0.39 is 0 Å². The van der Waals surface area contributed by atoms with E-state index in [2.05, 4.69) is 12.1 Å². The van der Waals surface area contributed by atoms with Gasteiger partial charge in [0, 0.05) is 6.04 Å². The molecule has 1 aliphatic rings. The van der Waals surface area contributed by atoms with Crippen LogP contribution >= 0.6 is 12.4 Å². The zero-order valence-corrected chi connectivity index (χ0v) is 9.14. The number of aryl methyl sites for hydroxylation is 1. The highest BCUT2D eigenvalue weighted by molar-refractivity contribution is 5.85. The maximum absolute atomic E-state index is 5.93. The van der Waals surface area contributed by atoms with Crippen molar-refractivity contribution in [2.24, 2.45) is 5.73 Å². The van der Waals surface area contributed by atoms with Crippen LogP contribution in [0.15, 0.2) is 18.2 Å². The summed E-state index contributed by atoms with van der Waals surface area (Å²) in [4.78, 5) is 0. The second-order valence-electron chi connectivity index (χ2n) is 3.44. The van der Waals surface area contributed by atoms with E-state index in [4.69, 9.17) is 10.5 Å². The van der Waals surface area contributed by atoms with Gasteiger partial charge in [0.05, 0.1) is 6.61 Å². The summed E-state index contributed by atoms with van der Waals surface area (Å²) in [6.07, 6.45) is 2.17. The summed E-state index contributed by atoms with van der Waals surface area (Å²) in [6.45, 7) is 2.73. The molecule has 1 aromatic carbocycles. The van der Waals surface area contributed by atoms with E-state index in [0.29, 0.717) is 0 Å². The smallest absolute Gasteiger partial charge is 0.119 e. The molecular weight excluding hydrogens is 198 g/mol. The molecule has 2 nitrogen and oxygen atoms in total. The zero-order valence-electron chi connectivity index (χ0n) is 8.32. The van der Waals surface area contributed by atoms with Crippen LogP contribution in [0.1, 0.15) is 30.5 Å². The van der Waals surface area contributed by atoms with Crippen LogP contribution in [0.5, 0.6) is 5.75 Å². The normalized spacial score (nSPS) is 18.6. The van der Waals surface area contributed by atoms with Gasteiger partial charge in [0.1, 0.15) is 5.75 Å². The molecule has 0 spiro atoms. The third-order valence-electron chi connectivity index (χ3n) is 2.55. The van der Waals surface area contributed by atoms with Gasteiger partial charge in [-0.25, -0.2) is 0 Å². The Bertz CT molecular complexity index is 314. The number of hydrogen-bond donors (Lipinski definition) is 1. The Kier molecular flexibility index (Phi) is 3.78. The van der Waals surface area contributed by atoms with E-state index in [9.17, 15) is 0 Å². The van der Waals surface area contributed by atoms with E-state index >= 15 is 0 Å². The first kappa shape index (κ1) is 11.3. The molecule has 0 aliphatic heterocycles. The third-order valence-corrected chi connectivity index (χ3v) is 2.55. The van der Waals surface area contributed by atoms with Gasteiger partial charge in [0.15, 0.2) is 0 Å². The number of benzene rings is 1. The monoisotopic (exact) mass is 213 g/mol. The summed E-state index contributed by atoms with van der Waals surface area (Å²) in [5.41, 5.74) is 8.58. The molecule has 1 aromatic rings. The Labute approximate surface area is 90.9 Å². The molecule has 1 atom stereocenters. The van der Waals surface area contributed by atoms with Gasteiger partial charge in [-0.05, 0) is 43.0 Å². The van der Waals surface area contributed by atoms with E-state index in [-0.39, 0.29) is 18.4 Å². The standard InChI is InChI=1S/C11H15NO.ClH/c1-2-13-9-4-5-10-8(7-9)3-6-11(10)12;/h4-5,7,11H,2-3,6,12H2,1H3;1H. The Hall–Kier alpha value is -0.730. The van der Waals surface area contributed by atoms with Crippen molar-refractivity contribution in [2.75, 3.05) is 6.61 Å². The molecule has 2 N–H and O–H groups in total. The fourth-order valence-electron chi connectivity index (χ4n) is 1.88. The Balaban J connectivity index is 0.000000980. The van der Waals surface area contributed by atoms with E-state index in [1.54, 1.807) is 0 Å². The number of ether oxygens (including phenoxy) is 1. The van der Waals surface area contributed by atoms with Crippen molar-refractivity contribution in [2.45, 2.75) is 25.8 Å². The fourth-order valence-corrected chi connectivity index (χ4v) is 1.88. The van der Waals surface area contributed by atoms with Crippen LogP contribution in [-0.2, 0) is 6.42 Å². The van der Waals surface area contributed by atoms with Crippen molar-refractivity contribution in [3.8, 4) is 5.75 Å². The lowest BCUT2D eigenvalue weighted by Crippen LogP contribution is -2.04. The minimum Gasteiger partial charge on any atom is -0.494 e. The molecule has 1 aliphatic carbocycles. The van der Waals surface area contributed by atoms with Crippen molar-refractivity contribution >= 4 is 12.4 Å². The number of nitrogens with two attached hydrogens (primary N) is 1. The van der Waals surface area contributed by atoms with Gasteiger partial charge >= 0.3 is 0 Å². The largest absolute Gasteiger partial charge is 0.494 e. The maximum atomic E-state index is 5.93. The molecule has 0 saturated carbocycles. The topological polar surface area (TPSA) is 35.2 Å². The Morgan fingerprint density at radius 3 is 3.00 bits per heavy atom. The van der Waals surface area contributed by atoms with E-state index in [0.717, 1.165) is 25.2 Å². The predicted molar refractivity (Wildman–Crippen MR) is 60.1 cm³/mol. The number of rotatable bonds is 2. The Morgan fingerprint density at radius 1 is 1.50 bits per heavy atom. The van der Waals surface area contributed by atoms with Crippen molar-refractivity contribution in [1.82, 2.24) is 0 Å². The lowest BCUT2D eigenvalue weighted by molar-refractivity contribution is 0.340.